The molecule has 1 N–H and O–H groups in total. The van der Waals surface area contributed by atoms with Crippen molar-refractivity contribution < 1.29 is 0 Å². The standard InChI is InChI=1S/C19H20N4S/c1-24-16-7-5-14(6-8-16)19-18-17(21-13-22-18)9-11-23(19)12-15-4-2-3-10-20-15/h2-8,10,13,19H,9,11-12H2,1H3,(H,21,22)/t19-/m0/s1. The topological polar surface area (TPSA) is 44.8 Å². The van der Waals surface area contributed by atoms with Crippen LogP contribution in [0, 0.1) is 0 Å². The number of rotatable bonds is 4. The molecule has 0 saturated carbocycles. The van der Waals surface area contributed by atoms with Crippen LogP contribution in [0.4, 0.5) is 0 Å². The van der Waals surface area contributed by atoms with E-state index >= 15 is 0 Å². The normalized spacial score (nSPS) is 17.6. The van der Waals surface area contributed by atoms with Crippen LogP contribution in [0.25, 0.3) is 0 Å². The summed E-state index contributed by atoms with van der Waals surface area (Å²) in [7, 11) is 0. The summed E-state index contributed by atoms with van der Waals surface area (Å²) >= 11 is 1.77. The third-order valence-corrected chi connectivity index (χ3v) is 5.29. The summed E-state index contributed by atoms with van der Waals surface area (Å²) in [5.41, 5.74) is 4.79. The molecular formula is C19H20N4S. The minimum absolute atomic E-state index is 0.179. The Kier molecular flexibility index (Phi) is 4.36. The maximum Gasteiger partial charge on any atom is 0.0926 e. The zero-order valence-corrected chi connectivity index (χ0v) is 14.5. The molecule has 0 amide bonds. The number of nitrogens with zero attached hydrogens (tertiary/aromatic N) is 3. The average Bonchev–Trinajstić information content (AvgIpc) is 3.11. The Morgan fingerprint density at radius 3 is 2.79 bits per heavy atom. The van der Waals surface area contributed by atoms with Crippen LogP contribution in [-0.2, 0) is 13.0 Å². The lowest BCUT2D eigenvalue weighted by atomic mass is 9.95. The first kappa shape index (κ1) is 15.4. The van der Waals surface area contributed by atoms with E-state index in [4.69, 9.17) is 0 Å². The predicted molar refractivity (Wildman–Crippen MR) is 97.0 cm³/mol. The number of pyridine rings is 1. The van der Waals surface area contributed by atoms with Gasteiger partial charge in [-0.25, -0.2) is 4.98 Å². The lowest BCUT2D eigenvalue weighted by Gasteiger charge is -2.35. The second-order valence-electron chi connectivity index (χ2n) is 5.98. The highest BCUT2D eigenvalue weighted by atomic mass is 32.2. The van der Waals surface area contributed by atoms with Gasteiger partial charge in [0, 0.05) is 36.3 Å². The number of imidazole rings is 1. The largest absolute Gasteiger partial charge is 0.348 e. The van der Waals surface area contributed by atoms with Crippen molar-refractivity contribution in [3.63, 3.8) is 0 Å². The molecule has 4 nitrogen and oxygen atoms in total. The van der Waals surface area contributed by atoms with Gasteiger partial charge in [-0.3, -0.25) is 9.88 Å². The summed E-state index contributed by atoms with van der Waals surface area (Å²) in [5.74, 6) is 0. The number of fused-ring (bicyclic) bond motifs is 1. The lowest BCUT2D eigenvalue weighted by molar-refractivity contribution is 0.198. The van der Waals surface area contributed by atoms with Crippen LogP contribution in [0.15, 0.2) is 59.9 Å². The molecule has 1 atom stereocenters. The predicted octanol–water partition coefficient (Wildman–Crippen LogP) is 3.67. The zero-order valence-electron chi connectivity index (χ0n) is 13.6. The first-order chi connectivity index (χ1) is 11.8. The fraction of sp³-hybridized carbons (Fsp3) is 0.263. The molecule has 0 unspecified atom stereocenters. The van der Waals surface area contributed by atoms with Crippen LogP contribution in [0.5, 0.6) is 0 Å². The molecule has 0 aliphatic carbocycles. The monoisotopic (exact) mass is 336 g/mol. The highest BCUT2D eigenvalue weighted by Crippen LogP contribution is 2.34. The van der Waals surface area contributed by atoms with Crippen LogP contribution >= 0.6 is 11.8 Å². The molecule has 4 rings (SSSR count). The summed E-state index contributed by atoms with van der Waals surface area (Å²) in [6, 6.07) is 15.1. The van der Waals surface area contributed by atoms with Gasteiger partial charge in [-0.1, -0.05) is 18.2 Å². The van der Waals surface area contributed by atoms with Crippen molar-refractivity contribution in [2.24, 2.45) is 0 Å². The number of aromatic amines is 1. The summed E-state index contributed by atoms with van der Waals surface area (Å²) in [6.07, 6.45) is 6.79. The van der Waals surface area contributed by atoms with Crippen molar-refractivity contribution in [3.05, 3.63) is 77.6 Å². The molecule has 0 spiro atoms. The Bertz CT molecular complexity index is 798. The van der Waals surface area contributed by atoms with Gasteiger partial charge in [0.1, 0.15) is 0 Å². The van der Waals surface area contributed by atoms with E-state index in [0.29, 0.717) is 0 Å². The number of thioether (sulfide) groups is 1. The van der Waals surface area contributed by atoms with Gasteiger partial charge < -0.3 is 4.98 Å². The number of hydrogen-bond acceptors (Lipinski definition) is 4. The van der Waals surface area contributed by atoms with Crippen LogP contribution in [-0.4, -0.2) is 32.7 Å². The second kappa shape index (κ2) is 6.79. The van der Waals surface area contributed by atoms with Crippen molar-refractivity contribution in [2.75, 3.05) is 12.8 Å². The lowest BCUT2D eigenvalue weighted by Crippen LogP contribution is -2.36. The van der Waals surface area contributed by atoms with Crippen molar-refractivity contribution in [1.82, 2.24) is 19.9 Å². The first-order valence-corrected chi connectivity index (χ1v) is 9.37. The summed E-state index contributed by atoms with van der Waals surface area (Å²) in [4.78, 5) is 16.2. The first-order valence-electron chi connectivity index (χ1n) is 8.15. The van der Waals surface area contributed by atoms with Gasteiger partial charge in [-0.05, 0) is 36.1 Å². The van der Waals surface area contributed by atoms with E-state index in [2.05, 4.69) is 62.5 Å². The Labute approximate surface area is 146 Å². The molecule has 3 heterocycles. The Balaban J connectivity index is 1.69. The van der Waals surface area contributed by atoms with Gasteiger partial charge in [0.15, 0.2) is 0 Å². The van der Waals surface area contributed by atoms with Gasteiger partial charge in [-0.2, -0.15) is 0 Å². The molecule has 1 aliphatic heterocycles. The third kappa shape index (κ3) is 2.97. The molecule has 1 aromatic carbocycles. The maximum atomic E-state index is 4.63. The summed E-state index contributed by atoms with van der Waals surface area (Å²) in [5, 5.41) is 0. The van der Waals surface area contributed by atoms with E-state index in [9.17, 15) is 0 Å². The van der Waals surface area contributed by atoms with Crippen LogP contribution in [0.2, 0.25) is 0 Å². The number of nitrogens with one attached hydrogen (secondary N) is 1. The van der Waals surface area contributed by atoms with Gasteiger partial charge >= 0.3 is 0 Å². The van der Waals surface area contributed by atoms with E-state index in [0.717, 1.165) is 30.9 Å². The zero-order chi connectivity index (χ0) is 16.4. The number of aromatic nitrogens is 3. The van der Waals surface area contributed by atoms with E-state index in [-0.39, 0.29) is 6.04 Å². The second-order valence-corrected chi connectivity index (χ2v) is 6.86. The molecule has 122 valence electrons. The van der Waals surface area contributed by atoms with Crippen LogP contribution in [0.3, 0.4) is 0 Å². The smallest absolute Gasteiger partial charge is 0.0926 e. The van der Waals surface area contributed by atoms with Gasteiger partial charge in [0.2, 0.25) is 0 Å². The number of hydrogen-bond donors (Lipinski definition) is 1. The van der Waals surface area contributed by atoms with Crippen molar-refractivity contribution >= 4 is 11.8 Å². The van der Waals surface area contributed by atoms with Crippen LogP contribution in [0.1, 0.15) is 28.7 Å². The fourth-order valence-electron chi connectivity index (χ4n) is 3.35. The summed E-state index contributed by atoms with van der Waals surface area (Å²) in [6.45, 7) is 1.84. The van der Waals surface area contributed by atoms with E-state index in [1.54, 1.807) is 11.8 Å². The van der Waals surface area contributed by atoms with Gasteiger partial charge in [0.05, 0.1) is 23.8 Å². The van der Waals surface area contributed by atoms with Gasteiger partial charge in [0.25, 0.3) is 0 Å². The summed E-state index contributed by atoms with van der Waals surface area (Å²) < 4.78 is 0. The Hall–Kier alpha value is -2.11. The van der Waals surface area contributed by atoms with Crippen molar-refractivity contribution in [2.45, 2.75) is 23.9 Å². The molecule has 2 aromatic heterocycles. The quantitative estimate of drug-likeness (QED) is 0.738. The molecule has 0 saturated heterocycles. The highest BCUT2D eigenvalue weighted by molar-refractivity contribution is 7.98. The van der Waals surface area contributed by atoms with Gasteiger partial charge in [-0.15, -0.1) is 11.8 Å². The molecule has 0 fully saturated rings. The third-order valence-electron chi connectivity index (χ3n) is 4.55. The molecule has 0 radical (unpaired) electrons. The molecule has 5 heteroatoms. The van der Waals surface area contributed by atoms with Crippen LogP contribution < -0.4 is 0 Å². The van der Waals surface area contributed by atoms with E-state index in [1.807, 2.05) is 18.6 Å². The molecule has 0 bridgehead atoms. The molecule has 24 heavy (non-hydrogen) atoms. The molecule has 1 aliphatic rings. The minimum atomic E-state index is 0.179. The minimum Gasteiger partial charge on any atom is -0.348 e. The Morgan fingerprint density at radius 2 is 2.04 bits per heavy atom. The molecular weight excluding hydrogens is 316 g/mol. The molecule has 3 aromatic rings. The van der Waals surface area contributed by atoms with E-state index < -0.39 is 0 Å². The number of benzene rings is 1. The Morgan fingerprint density at radius 1 is 1.17 bits per heavy atom. The average molecular weight is 336 g/mol. The van der Waals surface area contributed by atoms with Crippen molar-refractivity contribution in [1.29, 1.82) is 0 Å². The SMILES string of the molecule is CSc1ccc([C@H]2c3nc[nH]c3CCN2Cc2ccccn2)cc1. The maximum absolute atomic E-state index is 4.63. The van der Waals surface area contributed by atoms with E-state index in [1.165, 1.54) is 16.2 Å². The number of H-pyrrole nitrogens is 1. The highest BCUT2D eigenvalue weighted by Gasteiger charge is 2.31. The van der Waals surface area contributed by atoms with Crippen molar-refractivity contribution in [3.8, 4) is 0 Å². The fourth-order valence-corrected chi connectivity index (χ4v) is 3.76.